The van der Waals surface area contributed by atoms with E-state index < -0.39 is 11.7 Å². The van der Waals surface area contributed by atoms with E-state index in [-0.39, 0.29) is 5.91 Å². The first-order valence-electron chi connectivity index (χ1n) is 8.13. The maximum Gasteiger partial charge on any atom is 0.336 e. The molecule has 1 heterocycles. The fourth-order valence-corrected chi connectivity index (χ4v) is 3.17. The Morgan fingerprint density at radius 2 is 1.96 bits per heavy atom. The van der Waals surface area contributed by atoms with E-state index in [1.807, 2.05) is 43.5 Å². The molecular weight excluding hydrogens is 350 g/mol. The molecule has 0 radical (unpaired) electrons. The van der Waals surface area contributed by atoms with Crippen molar-refractivity contribution in [3.05, 3.63) is 64.5 Å². The van der Waals surface area contributed by atoms with Crippen LogP contribution in [-0.4, -0.2) is 18.3 Å². The summed E-state index contributed by atoms with van der Waals surface area (Å²) in [5.41, 5.74) is 1.61. The third-order valence-electron chi connectivity index (χ3n) is 3.97. The van der Waals surface area contributed by atoms with E-state index >= 15 is 0 Å². The highest BCUT2D eigenvalue weighted by Crippen LogP contribution is 2.26. The molecule has 1 unspecified atom stereocenters. The van der Waals surface area contributed by atoms with E-state index in [1.54, 1.807) is 30.8 Å². The van der Waals surface area contributed by atoms with Gasteiger partial charge in [0.15, 0.2) is 6.10 Å². The molecule has 2 aromatic carbocycles. The summed E-state index contributed by atoms with van der Waals surface area (Å²) in [4.78, 5) is 25.0. The molecule has 1 aromatic heterocycles. The summed E-state index contributed by atoms with van der Waals surface area (Å²) in [6, 6.07) is 14.2. The minimum Gasteiger partial charge on any atom is -0.481 e. The maximum atomic E-state index is 12.4. The quantitative estimate of drug-likeness (QED) is 0.538. The number of hydrogen-bond acceptors (Lipinski definition) is 5. The maximum absolute atomic E-state index is 12.4. The van der Waals surface area contributed by atoms with Crippen LogP contribution >= 0.6 is 11.8 Å². The number of nitrogens with one attached hydrogen (secondary N) is 1. The third kappa shape index (κ3) is 3.91. The van der Waals surface area contributed by atoms with Crippen LogP contribution in [0.2, 0.25) is 0 Å². The lowest BCUT2D eigenvalue weighted by molar-refractivity contribution is -0.122. The number of rotatable bonds is 5. The first-order chi connectivity index (χ1) is 12.5. The highest BCUT2D eigenvalue weighted by atomic mass is 32.2. The second-order valence-corrected chi connectivity index (χ2v) is 6.70. The third-order valence-corrected chi connectivity index (χ3v) is 4.77. The summed E-state index contributed by atoms with van der Waals surface area (Å²) in [6.45, 7) is 3.52. The Morgan fingerprint density at radius 3 is 2.73 bits per heavy atom. The summed E-state index contributed by atoms with van der Waals surface area (Å²) in [6.07, 6.45) is 1.24. The number of ether oxygens (including phenoxy) is 1. The van der Waals surface area contributed by atoms with Crippen LogP contribution in [-0.2, 0) is 4.79 Å². The Kier molecular flexibility index (Phi) is 5.32. The molecule has 0 fully saturated rings. The minimum atomic E-state index is -0.709. The number of amides is 1. The number of benzene rings is 2. The van der Waals surface area contributed by atoms with Crippen molar-refractivity contribution < 1.29 is 13.9 Å². The number of anilines is 1. The normalized spacial score (nSPS) is 12.0. The van der Waals surface area contributed by atoms with Gasteiger partial charge in [0.2, 0.25) is 0 Å². The zero-order chi connectivity index (χ0) is 18.7. The van der Waals surface area contributed by atoms with Gasteiger partial charge in [-0.1, -0.05) is 12.1 Å². The number of hydrogen-bond donors (Lipinski definition) is 1. The largest absolute Gasteiger partial charge is 0.481 e. The number of carbonyl (C=O) groups excluding carboxylic acids is 1. The zero-order valence-corrected chi connectivity index (χ0v) is 15.6. The second-order valence-electron chi connectivity index (χ2n) is 5.86. The Balaban J connectivity index is 1.76. The average Bonchev–Trinajstić information content (AvgIpc) is 2.61. The number of carbonyl (C=O) groups is 1. The monoisotopic (exact) mass is 369 g/mol. The Bertz CT molecular complexity index is 1010. The van der Waals surface area contributed by atoms with E-state index in [4.69, 9.17) is 9.15 Å². The lowest BCUT2D eigenvalue weighted by Gasteiger charge is -2.16. The van der Waals surface area contributed by atoms with Crippen molar-refractivity contribution in [2.45, 2.75) is 24.8 Å². The van der Waals surface area contributed by atoms with Crippen LogP contribution in [0.15, 0.2) is 62.6 Å². The van der Waals surface area contributed by atoms with Crippen molar-refractivity contribution in [1.82, 2.24) is 0 Å². The molecule has 0 bridgehead atoms. The summed E-state index contributed by atoms with van der Waals surface area (Å²) < 4.78 is 10.9. The Morgan fingerprint density at radius 1 is 1.19 bits per heavy atom. The summed E-state index contributed by atoms with van der Waals surface area (Å²) in [5, 5.41) is 3.71. The lowest BCUT2D eigenvalue weighted by atomic mass is 10.1. The van der Waals surface area contributed by atoms with Gasteiger partial charge in [-0.2, -0.15) is 0 Å². The smallest absolute Gasteiger partial charge is 0.336 e. The molecule has 0 aliphatic carbocycles. The Hall–Kier alpha value is -2.73. The highest BCUT2D eigenvalue weighted by molar-refractivity contribution is 7.98. The molecular formula is C20H19NO4S. The molecule has 1 amide bonds. The number of thioether (sulfide) groups is 1. The molecule has 6 heteroatoms. The standard InChI is InChI=1S/C20H19NO4S/c1-12-10-19(22)25-17-11-14(8-9-15(12)17)24-13(2)20(23)21-16-6-4-5-7-18(16)26-3/h4-11,13H,1-3H3,(H,21,23). The van der Waals surface area contributed by atoms with Crippen LogP contribution in [0, 0.1) is 6.92 Å². The van der Waals surface area contributed by atoms with Crippen molar-refractivity contribution in [2.24, 2.45) is 0 Å². The molecule has 134 valence electrons. The molecule has 3 aromatic rings. The van der Waals surface area contributed by atoms with Crippen molar-refractivity contribution in [1.29, 1.82) is 0 Å². The molecule has 1 atom stereocenters. The van der Waals surface area contributed by atoms with Crippen molar-refractivity contribution in [2.75, 3.05) is 11.6 Å². The zero-order valence-electron chi connectivity index (χ0n) is 14.7. The number of para-hydroxylation sites is 1. The SMILES string of the molecule is CSc1ccccc1NC(=O)C(C)Oc1ccc2c(C)cc(=O)oc2c1. The molecule has 5 nitrogen and oxygen atoms in total. The average molecular weight is 369 g/mol. The van der Waals surface area contributed by atoms with Crippen LogP contribution in [0.25, 0.3) is 11.0 Å². The van der Waals surface area contributed by atoms with E-state index in [9.17, 15) is 9.59 Å². The second kappa shape index (κ2) is 7.66. The van der Waals surface area contributed by atoms with E-state index in [1.165, 1.54) is 6.07 Å². The van der Waals surface area contributed by atoms with Gasteiger partial charge in [-0.3, -0.25) is 4.79 Å². The first-order valence-corrected chi connectivity index (χ1v) is 9.35. The molecule has 3 rings (SSSR count). The molecule has 0 saturated heterocycles. The van der Waals surface area contributed by atoms with Gasteiger partial charge in [0.05, 0.1) is 5.69 Å². The minimum absolute atomic E-state index is 0.253. The molecule has 1 N–H and O–H groups in total. The summed E-state index contributed by atoms with van der Waals surface area (Å²) >= 11 is 1.56. The topological polar surface area (TPSA) is 68.5 Å². The molecule has 0 aliphatic heterocycles. The Labute approximate surface area is 155 Å². The van der Waals surface area contributed by atoms with Crippen LogP contribution in [0.1, 0.15) is 12.5 Å². The molecule has 0 spiro atoms. The number of aryl methyl sites for hydroxylation is 1. The van der Waals surface area contributed by atoms with Crippen LogP contribution in [0.5, 0.6) is 5.75 Å². The van der Waals surface area contributed by atoms with Crippen LogP contribution < -0.4 is 15.7 Å². The van der Waals surface area contributed by atoms with Crippen LogP contribution in [0.3, 0.4) is 0 Å². The van der Waals surface area contributed by atoms with Gasteiger partial charge < -0.3 is 14.5 Å². The van der Waals surface area contributed by atoms with Crippen molar-refractivity contribution >= 4 is 34.3 Å². The number of fused-ring (bicyclic) bond motifs is 1. The van der Waals surface area contributed by atoms with Gasteiger partial charge in [0, 0.05) is 22.4 Å². The fraction of sp³-hybridized carbons (Fsp3) is 0.200. The highest BCUT2D eigenvalue weighted by Gasteiger charge is 2.16. The van der Waals surface area contributed by atoms with Gasteiger partial charge in [0.25, 0.3) is 5.91 Å². The first kappa shape index (κ1) is 18.1. The van der Waals surface area contributed by atoms with Gasteiger partial charge in [-0.25, -0.2) is 4.79 Å². The van der Waals surface area contributed by atoms with Gasteiger partial charge in [-0.15, -0.1) is 11.8 Å². The predicted octanol–water partition coefficient (Wildman–Crippen LogP) is 4.23. The fourth-order valence-electron chi connectivity index (χ4n) is 2.62. The van der Waals surface area contributed by atoms with Crippen molar-refractivity contribution in [3.8, 4) is 5.75 Å². The lowest BCUT2D eigenvalue weighted by Crippen LogP contribution is -2.30. The van der Waals surface area contributed by atoms with Gasteiger partial charge in [0.1, 0.15) is 11.3 Å². The molecule has 0 aliphatic rings. The van der Waals surface area contributed by atoms with E-state index in [2.05, 4.69) is 5.32 Å². The molecule has 0 saturated carbocycles. The van der Waals surface area contributed by atoms with Gasteiger partial charge in [-0.05, 0) is 49.9 Å². The van der Waals surface area contributed by atoms with E-state index in [0.29, 0.717) is 11.3 Å². The van der Waals surface area contributed by atoms with Crippen LogP contribution in [0.4, 0.5) is 5.69 Å². The summed E-state index contributed by atoms with van der Waals surface area (Å²) in [5.74, 6) is 0.212. The molecule has 26 heavy (non-hydrogen) atoms. The van der Waals surface area contributed by atoms with Gasteiger partial charge >= 0.3 is 5.63 Å². The van der Waals surface area contributed by atoms with Crippen molar-refractivity contribution in [3.63, 3.8) is 0 Å². The van der Waals surface area contributed by atoms with E-state index in [0.717, 1.165) is 21.5 Å². The summed E-state index contributed by atoms with van der Waals surface area (Å²) in [7, 11) is 0. The predicted molar refractivity (Wildman–Crippen MR) is 104 cm³/mol.